The molecule has 2 aromatic rings. The zero-order valence-electron chi connectivity index (χ0n) is 9.64. The molecule has 0 aliphatic carbocycles. The number of hydrogen-bond acceptors (Lipinski definition) is 5. The minimum atomic E-state index is -0.637. The second-order valence-electron chi connectivity index (χ2n) is 2.54. The fourth-order valence-corrected chi connectivity index (χ4v) is 2.32. The van der Waals surface area contributed by atoms with Crippen LogP contribution < -0.4 is 0 Å². The first kappa shape index (κ1) is 17.1. The maximum atomic E-state index is 4.88. The molecule has 0 aliphatic rings. The molecule has 0 spiro atoms. The third-order valence-electron chi connectivity index (χ3n) is 1.63. The van der Waals surface area contributed by atoms with Gasteiger partial charge >= 0.3 is 22.4 Å². The Morgan fingerprint density at radius 3 is 2.41 bits per heavy atom. The number of aromatic nitrogens is 1. The van der Waals surface area contributed by atoms with Crippen LogP contribution in [0.2, 0.25) is 0 Å². The molecule has 0 atom stereocenters. The zero-order valence-corrected chi connectivity index (χ0v) is 13.5. The summed E-state index contributed by atoms with van der Waals surface area (Å²) in [5, 5.41) is 0. The SMILES string of the molecule is COP(OC)SC.[Au+].[c-]1nc2ccccc2o1. The molecule has 0 saturated carbocycles. The Hall–Kier alpha value is 0.130. The van der Waals surface area contributed by atoms with E-state index in [2.05, 4.69) is 11.4 Å². The monoisotopic (exact) mass is 455 g/mol. The first-order valence-corrected chi connectivity index (χ1v) is 7.46. The van der Waals surface area contributed by atoms with Gasteiger partial charge in [-0.15, -0.1) is 6.07 Å². The summed E-state index contributed by atoms with van der Waals surface area (Å²) in [5.41, 5.74) is 1.65. The van der Waals surface area contributed by atoms with Crippen molar-refractivity contribution < 1.29 is 35.8 Å². The van der Waals surface area contributed by atoms with Gasteiger partial charge in [-0.1, -0.05) is 29.6 Å². The Morgan fingerprint density at radius 1 is 1.29 bits per heavy atom. The van der Waals surface area contributed by atoms with Crippen LogP contribution in [0.25, 0.3) is 11.1 Å². The van der Waals surface area contributed by atoms with Crippen molar-refractivity contribution in [2.45, 2.75) is 0 Å². The standard InChI is InChI=1S/C7H4NO.C3H9O2PS.Au/c1-2-4-7-6(3-1)8-5-9-7;1-4-6(5-2)7-3;/h1-4H;1-3H3;/q-1;;+1. The molecule has 1 aromatic heterocycles. The van der Waals surface area contributed by atoms with Crippen molar-refractivity contribution in [1.82, 2.24) is 4.98 Å². The third kappa shape index (κ3) is 6.02. The van der Waals surface area contributed by atoms with Crippen LogP contribution in [0.5, 0.6) is 0 Å². The number of para-hydroxylation sites is 2. The smallest absolute Gasteiger partial charge is 0.573 e. The van der Waals surface area contributed by atoms with Crippen molar-refractivity contribution in [3.8, 4) is 0 Å². The summed E-state index contributed by atoms with van der Waals surface area (Å²) in [4.78, 5) is 3.83. The second-order valence-corrected chi connectivity index (χ2v) is 6.08. The Morgan fingerprint density at radius 2 is 1.94 bits per heavy atom. The number of benzene rings is 1. The van der Waals surface area contributed by atoms with Crippen molar-refractivity contribution in [2.24, 2.45) is 0 Å². The molecule has 7 heteroatoms. The number of hydrogen-bond donors (Lipinski definition) is 0. The average molecular weight is 455 g/mol. The van der Waals surface area contributed by atoms with Crippen LogP contribution in [0.4, 0.5) is 0 Å². The zero-order chi connectivity index (χ0) is 11.8. The molecule has 1 heterocycles. The van der Waals surface area contributed by atoms with Crippen LogP contribution in [0.3, 0.4) is 0 Å². The van der Waals surface area contributed by atoms with E-state index >= 15 is 0 Å². The van der Waals surface area contributed by atoms with E-state index in [9.17, 15) is 0 Å². The predicted molar refractivity (Wildman–Crippen MR) is 67.3 cm³/mol. The van der Waals surface area contributed by atoms with Gasteiger partial charge < -0.3 is 18.4 Å². The van der Waals surface area contributed by atoms with E-state index < -0.39 is 7.58 Å². The summed E-state index contributed by atoms with van der Waals surface area (Å²) in [6.07, 6.45) is 4.37. The van der Waals surface area contributed by atoms with Gasteiger partial charge in [0.2, 0.25) is 7.58 Å². The van der Waals surface area contributed by atoms with Crippen LogP contribution in [0, 0.1) is 6.39 Å². The van der Waals surface area contributed by atoms with E-state index in [1.54, 1.807) is 25.6 Å². The van der Waals surface area contributed by atoms with E-state index in [-0.39, 0.29) is 22.4 Å². The Bertz CT molecular complexity index is 375. The van der Waals surface area contributed by atoms with Crippen LogP contribution in [0.1, 0.15) is 0 Å². The molecular weight excluding hydrogens is 442 g/mol. The van der Waals surface area contributed by atoms with Gasteiger partial charge in [-0.3, -0.25) is 0 Å². The Kier molecular flexibility index (Phi) is 10.2. The minimum absolute atomic E-state index is 0. The van der Waals surface area contributed by atoms with E-state index in [1.807, 2.05) is 30.5 Å². The average Bonchev–Trinajstić information content (AvgIpc) is 2.80. The Balaban J connectivity index is 0.000000296. The quantitative estimate of drug-likeness (QED) is 0.403. The van der Waals surface area contributed by atoms with E-state index in [0.29, 0.717) is 0 Å². The molecular formula is C10H13AuNO3PS. The van der Waals surface area contributed by atoms with Gasteiger partial charge in [0.25, 0.3) is 0 Å². The first-order valence-electron chi connectivity index (χ1n) is 4.46. The normalized spacial score (nSPS) is 9.65. The van der Waals surface area contributed by atoms with Crippen molar-refractivity contribution in [2.75, 3.05) is 20.5 Å². The molecule has 0 aliphatic heterocycles. The molecule has 17 heavy (non-hydrogen) atoms. The number of rotatable bonds is 3. The van der Waals surface area contributed by atoms with Crippen LogP contribution in [-0.4, -0.2) is 25.5 Å². The molecule has 1 aromatic carbocycles. The fourth-order valence-electron chi connectivity index (χ4n) is 0.981. The summed E-state index contributed by atoms with van der Waals surface area (Å²) in [6.45, 7) is 0. The Labute approximate surface area is 122 Å². The number of oxazole rings is 1. The predicted octanol–water partition coefficient (Wildman–Crippen LogP) is 3.49. The van der Waals surface area contributed by atoms with Crippen molar-refractivity contribution >= 4 is 30.1 Å². The van der Waals surface area contributed by atoms with Crippen LogP contribution >= 0.6 is 19.0 Å². The van der Waals surface area contributed by atoms with E-state index in [4.69, 9.17) is 13.5 Å². The van der Waals surface area contributed by atoms with Gasteiger partial charge in [0.15, 0.2) is 0 Å². The van der Waals surface area contributed by atoms with Gasteiger partial charge in [0, 0.05) is 14.2 Å². The second kappa shape index (κ2) is 10.1. The largest absolute Gasteiger partial charge is 1.00 e. The van der Waals surface area contributed by atoms with Crippen LogP contribution in [-0.2, 0) is 31.4 Å². The first-order chi connectivity index (χ1) is 7.81. The van der Waals surface area contributed by atoms with Crippen molar-refractivity contribution in [3.63, 3.8) is 0 Å². The summed E-state index contributed by atoms with van der Waals surface area (Å²) >= 11 is 1.59. The molecule has 4 nitrogen and oxygen atoms in total. The topological polar surface area (TPSA) is 44.5 Å². The molecule has 0 fully saturated rings. The molecule has 0 amide bonds. The minimum Gasteiger partial charge on any atom is -0.573 e. The number of fused-ring (bicyclic) bond motifs is 1. The molecule has 0 bridgehead atoms. The number of nitrogens with zero attached hydrogens (tertiary/aromatic N) is 1. The molecule has 2 rings (SSSR count). The molecule has 0 unspecified atom stereocenters. The summed E-state index contributed by atoms with van der Waals surface area (Å²) in [5.74, 6) is 0. The fraction of sp³-hybridized carbons (Fsp3) is 0.300. The van der Waals surface area contributed by atoms with Gasteiger partial charge in [-0.2, -0.15) is 0 Å². The molecule has 0 radical (unpaired) electrons. The molecule has 0 saturated heterocycles. The summed E-state index contributed by atoms with van der Waals surface area (Å²) in [6, 6.07) is 7.56. The van der Waals surface area contributed by atoms with Crippen LogP contribution in [0.15, 0.2) is 28.7 Å². The summed E-state index contributed by atoms with van der Waals surface area (Å²) in [7, 11) is 2.65. The van der Waals surface area contributed by atoms with Gasteiger partial charge in [0.05, 0.1) is 0 Å². The maximum Gasteiger partial charge on any atom is 1.00 e. The van der Waals surface area contributed by atoms with Gasteiger partial charge in [-0.05, 0) is 17.4 Å². The van der Waals surface area contributed by atoms with Gasteiger partial charge in [0.1, 0.15) is 6.39 Å². The van der Waals surface area contributed by atoms with E-state index in [0.717, 1.165) is 11.1 Å². The molecule has 0 N–H and O–H groups in total. The third-order valence-corrected chi connectivity index (χ3v) is 4.32. The summed E-state index contributed by atoms with van der Waals surface area (Å²) < 4.78 is 14.6. The van der Waals surface area contributed by atoms with Crippen molar-refractivity contribution in [1.29, 1.82) is 0 Å². The van der Waals surface area contributed by atoms with E-state index in [1.165, 1.54) is 0 Å². The maximum absolute atomic E-state index is 4.88. The van der Waals surface area contributed by atoms with Crippen molar-refractivity contribution in [3.05, 3.63) is 30.7 Å². The molecule has 98 valence electrons. The van der Waals surface area contributed by atoms with Gasteiger partial charge in [-0.25, -0.2) is 0 Å².